The van der Waals surface area contributed by atoms with Crippen molar-refractivity contribution in [2.75, 3.05) is 18.1 Å². The summed E-state index contributed by atoms with van der Waals surface area (Å²) in [6.45, 7) is -0.266. The number of sulfone groups is 1. The summed E-state index contributed by atoms with van der Waals surface area (Å²) in [5, 5.41) is 11.4. The van der Waals surface area contributed by atoms with Gasteiger partial charge in [0, 0.05) is 12.6 Å². The molecule has 1 fully saturated rings. The third-order valence-corrected chi connectivity index (χ3v) is 3.91. The van der Waals surface area contributed by atoms with E-state index in [4.69, 9.17) is 5.11 Å². The zero-order valence-electron chi connectivity index (χ0n) is 7.49. The first kappa shape index (κ1) is 11.8. The predicted octanol–water partition coefficient (Wildman–Crippen LogP) is -0.611. The molecule has 0 aromatic heterocycles. The van der Waals surface area contributed by atoms with Crippen molar-refractivity contribution in [1.29, 1.82) is 0 Å². The number of hydrogen-bond donors (Lipinski definition) is 2. The van der Waals surface area contributed by atoms with Crippen LogP contribution in [0.2, 0.25) is 0 Å². The van der Waals surface area contributed by atoms with E-state index in [0.29, 0.717) is 6.42 Å². The third kappa shape index (κ3) is 3.47. The maximum Gasteiger partial charge on any atom is 0.265 e. The number of aliphatic hydroxyl groups excluding tert-OH is 1. The van der Waals surface area contributed by atoms with E-state index >= 15 is 0 Å². The summed E-state index contributed by atoms with van der Waals surface area (Å²) in [5.41, 5.74) is 0. The molecule has 84 valence electrons. The zero-order chi connectivity index (χ0) is 10.8. The normalized spacial score (nSPS) is 28.1. The maximum atomic E-state index is 11.8. The minimum Gasteiger partial charge on any atom is -0.386 e. The Hall–Kier alpha value is -0.270. The Bertz CT molecular complexity index is 281. The highest BCUT2D eigenvalue weighted by Crippen LogP contribution is 2.11. The van der Waals surface area contributed by atoms with Gasteiger partial charge in [-0.15, -0.1) is 0 Å². The number of alkyl halides is 2. The van der Waals surface area contributed by atoms with E-state index < -0.39 is 22.4 Å². The van der Waals surface area contributed by atoms with Crippen LogP contribution in [0.3, 0.4) is 0 Å². The highest BCUT2D eigenvalue weighted by Gasteiger charge is 2.28. The Balaban J connectivity index is 2.27. The van der Waals surface area contributed by atoms with E-state index in [-0.39, 0.29) is 24.1 Å². The molecule has 0 amide bonds. The van der Waals surface area contributed by atoms with Crippen LogP contribution in [0.15, 0.2) is 0 Å². The molecule has 1 heterocycles. The van der Waals surface area contributed by atoms with E-state index in [1.165, 1.54) is 0 Å². The topological polar surface area (TPSA) is 66.4 Å². The number of halogens is 2. The van der Waals surface area contributed by atoms with Gasteiger partial charge < -0.3 is 10.4 Å². The molecule has 2 atom stereocenters. The lowest BCUT2D eigenvalue weighted by atomic mass is 10.2. The number of aliphatic hydroxyl groups is 1. The summed E-state index contributed by atoms with van der Waals surface area (Å²) in [7, 11) is -3.00. The lowest BCUT2D eigenvalue weighted by Crippen LogP contribution is -2.39. The molecule has 1 aliphatic heterocycles. The average Bonchev–Trinajstić information content (AvgIpc) is 2.41. The van der Waals surface area contributed by atoms with Crippen LogP contribution >= 0.6 is 0 Å². The van der Waals surface area contributed by atoms with Crippen LogP contribution < -0.4 is 5.32 Å². The largest absolute Gasteiger partial charge is 0.386 e. The van der Waals surface area contributed by atoms with Crippen molar-refractivity contribution in [3.8, 4) is 0 Å². The molecule has 2 N–H and O–H groups in total. The first-order valence-corrected chi connectivity index (χ1v) is 6.13. The van der Waals surface area contributed by atoms with Crippen LogP contribution in [0.25, 0.3) is 0 Å². The van der Waals surface area contributed by atoms with Crippen LogP contribution in [0.4, 0.5) is 8.78 Å². The van der Waals surface area contributed by atoms with Crippen molar-refractivity contribution in [3.05, 3.63) is 0 Å². The zero-order valence-corrected chi connectivity index (χ0v) is 8.30. The first-order valence-electron chi connectivity index (χ1n) is 4.31. The van der Waals surface area contributed by atoms with Crippen molar-refractivity contribution in [3.63, 3.8) is 0 Å². The van der Waals surface area contributed by atoms with Crippen LogP contribution in [0.5, 0.6) is 0 Å². The van der Waals surface area contributed by atoms with Gasteiger partial charge in [0.1, 0.15) is 6.10 Å². The summed E-state index contributed by atoms with van der Waals surface area (Å²) >= 11 is 0. The van der Waals surface area contributed by atoms with Gasteiger partial charge in [0.25, 0.3) is 6.43 Å². The van der Waals surface area contributed by atoms with Crippen LogP contribution in [-0.2, 0) is 9.84 Å². The van der Waals surface area contributed by atoms with Gasteiger partial charge in [0.2, 0.25) is 0 Å². The smallest absolute Gasteiger partial charge is 0.265 e. The second kappa shape index (κ2) is 4.50. The maximum absolute atomic E-state index is 11.8. The Labute approximate surface area is 81.2 Å². The number of rotatable bonds is 4. The monoisotopic (exact) mass is 229 g/mol. The van der Waals surface area contributed by atoms with Crippen molar-refractivity contribution in [2.24, 2.45) is 0 Å². The van der Waals surface area contributed by atoms with Gasteiger partial charge in [-0.05, 0) is 6.42 Å². The van der Waals surface area contributed by atoms with Crippen LogP contribution in [-0.4, -0.2) is 50.1 Å². The summed E-state index contributed by atoms with van der Waals surface area (Å²) in [5.74, 6) is 0.0679. The van der Waals surface area contributed by atoms with Gasteiger partial charge in [-0.25, -0.2) is 17.2 Å². The highest BCUT2D eigenvalue weighted by molar-refractivity contribution is 7.91. The fourth-order valence-electron chi connectivity index (χ4n) is 1.33. The van der Waals surface area contributed by atoms with Crippen molar-refractivity contribution in [2.45, 2.75) is 25.0 Å². The molecule has 7 heteroatoms. The molecule has 14 heavy (non-hydrogen) atoms. The molecule has 0 saturated carbocycles. The van der Waals surface area contributed by atoms with Gasteiger partial charge in [-0.1, -0.05) is 0 Å². The molecular weight excluding hydrogens is 216 g/mol. The average molecular weight is 229 g/mol. The summed E-state index contributed by atoms with van der Waals surface area (Å²) < 4.78 is 45.6. The quantitative estimate of drug-likeness (QED) is 0.675. The molecule has 1 saturated heterocycles. The van der Waals surface area contributed by atoms with Crippen molar-refractivity contribution >= 4 is 9.84 Å². The lowest BCUT2D eigenvalue weighted by molar-refractivity contribution is -0.00425. The molecule has 0 radical (unpaired) electrons. The molecule has 0 aromatic carbocycles. The van der Waals surface area contributed by atoms with Crippen molar-refractivity contribution in [1.82, 2.24) is 5.32 Å². The summed E-state index contributed by atoms with van der Waals surface area (Å²) in [6, 6.07) is -0.298. The van der Waals surface area contributed by atoms with Gasteiger partial charge in [-0.3, -0.25) is 0 Å². The Kier molecular flexibility index (Phi) is 3.79. The van der Waals surface area contributed by atoms with Gasteiger partial charge in [0.05, 0.1) is 11.5 Å². The first-order chi connectivity index (χ1) is 6.41. The van der Waals surface area contributed by atoms with E-state index in [2.05, 4.69) is 5.32 Å². The van der Waals surface area contributed by atoms with E-state index in [0.717, 1.165) is 0 Å². The molecule has 0 bridgehead atoms. The molecule has 0 aliphatic carbocycles. The minimum atomic E-state index is -3.00. The summed E-state index contributed by atoms with van der Waals surface area (Å²) in [6.07, 6.45) is -4.09. The fourth-order valence-corrected chi connectivity index (χ4v) is 3.04. The standard InChI is InChI=1S/C7H13F2NO3S/c8-7(9)6(11)3-10-5-1-2-14(12,13)4-5/h5-7,10-11H,1-4H2. The Morgan fingerprint density at radius 3 is 2.57 bits per heavy atom. The second-order valence-electron chi connectivity index (χ2n) is 3.41. The van der Waals surface area contributed by atoms with E-state index in [9.17, 15) is 17.2 Å². The number of hydrogen-bond acceptors (Lipinski definition) is 4. The molecule has 0 spiro atoms. The minimum absolute atomic E-state index is 0.0248. The SMILES string of the molecule is O=S1(=O)CCC(NCC(O)C(F)F)C1. The van der Waals surface area contributed by atoms with Gasteiger partial charge in [-0.2, -0.15) is 0 Å². The fraction of sp³-hybridized carbons (Fsp3) is 1.00. The third-order valence-electron chi connectivity index (χ3n) is 2.14. The van der Waals surface area contributed by atoms with Crippen molar-refractivity contribution < 1.29 is 22.3 Å². The molecule has 0 aromatic rings. The molecule has 1 aliphatic rings. The molecule has 1 rings (SSSR count). The summed E-state index contributed by atoms with van der Waals surface area (Å²) in [4.78, 5) is 0. The van der Waals surface area contributed by atoms with Gasteiger partial charge in [0.15, 0.2) is 9.84 Å². The highest BCUT2D eigenvalue weighted by atomic mass is 32.2. The molecular formula is C7H13F2NO3S. The second-order valence-corrected chi connectivity index (χ2v) is 5.64. The molecule has 4 nitrogen and oxygen atoms in total. The van der Waals surface area contributed by atoms with Crippen LogP contribution in [0.1, 0.15) is 6.42 Å². The molecule has 2 unspecified atom stereocenters. The van der Waals surface area contributed by atoms with E-state index in [1.807, 2.05) is 0 Å². The predicted molar refractivity (Wildman–Crippen MR) is 47.1 cm³/mol. The lowest BCUT2D eigenvalue weighted by Gasteiger charge is -2.14. The van der Waals surface area contributed by atoms with Gasteiger partial charge >= 0.3 is 0 Å². The van der Waals surface area contributed by atoms with Crippen LogP contribution in [0, 0.1) is 0 Å². The van der Waals surface area contributed by atoms with E-state index in [1.54, 1.807) is 0 Å². The Morgan fingerprint density at radius 2 is 2.14 bits per heavy atom. The Morgan fingerprint density at radius 1 is 1.50 bits per heavy atom. The number of nitrogens with one attached hydrogen (secondary N) is 1.